The summed E-state index contributed by atoms with van der Waals surface area (Å²) >= 11 is 0. The zero-order valence-corrected chi connectivity index (χ0v) is 20.3. The Morgan fingerprint density at radius 2 is 1.69 bits per heavy atom. The molecule has 2 aromatic rings. The molecule has 0 aliphatic carbocycles. The fourth-order valence-corrected chi connectivity index (χ4v) is 5.34. The van der Waals surface area contributed by atoms with Gasteiger partial charge in [0.25, 0.3) is 0 Å². The van der Waals surface area contributed by atoms with E-state index in [4.69, 9.17) is 4.74 Å². The van der Waals surface area contributed by atoms with E-state index in [0.717, 1.165) is 30.5 Å². The van der Waals surface area contributed by atoms with Crippen molar-refractivity contribution in [2.75, 3.05) is 26.2 Å². The number of rotatable bonds is 8. The average Bonchev–Trinajstić information content (AvgIpc) is 3.15. The van der Waals surface area contributed by atoms with E-state index in [1.54, 1.807) is 45.0 Å². The van der Waals surface area contributed by atoms with Gasteiger partial charge in [-0.15, -0.1) is 0 Å². The van der Waals surface area contributed by atoms with Crippen LogP contribution in [0.2, 0.25) is 0 Å². The van der Waals surface area contributed by atoms with Gasteiger partial charge in [0.05, 0.1) is 4.90 Å². The molecule has 6 nitrogen and oxygen atoms in total. The number of hydrogen-bond donors (Lipinski definition) is 0. The summed E-state index contributed by atoms with van der Waals surface area (Å²) in [5.74, 6) is -0.545. The second-order valence-corrected chi connectivity index (χ2v) is 11.3. The first-order chi connectivity index (χ1) is 15.1. The average molecular weight is 459 g/mol. The van der Waals surface area contributed by atoms with Crippen LogP contribution in [0.3, 0.4) is 0 Å². The largest absolute Gasteiger partial charge is 0.459 e. The molecule has 0 N–H and O–H groups in total. The van der Waals surface area contributed by atoms with Crippen molar-refractivity contribution in [1.29, 1.82) is 0 Å². The minimum Gasteiger partial charge on any atom is -0.459 e. The van der Waals surface area contributed by atoms with Gasteiger partial charge < -0.3 is 4.74 Å². The summed E-state index contributed by atoms with van der Waals surface area (Å²) in [6.45, 7) is 8.96. The van der Waals surface area contributed by atoms with Gasteiger partial charge in [-0.05, 0) is 70.3 Å². The Hall–Kier alpha value is -2.22. The molecular weight excluding hydrogens is 424 g/mol. The normalized spacial score (nSPS) is 17.6. The van der Waals surface area contributed by atoms with Gasteiger partial charge in [0, 0.05) is 19.1 Å². The van der Waals surface area contributed by atoms with Crippen LogP contribution in [-0.2, 0) is 19.6 Å². The predicted molar refractivity (Wildman–Crippen MR) is 127 cm³/mol. The second kappa shape index (κ2) is 10.1. The van der Waals surface area contributed by atoms with Gasteiger partial charge in [0.2, 0.25) is 10.0 Å². The maximum Gasteiger partial charge on any atom is 0.321 e. The van der Waals surface area contributed by atoms with Crippen LogP contribution in [0.25, 0.3) is 11.1 Å². The lowest BCUT2D eigenvalue weighted by atomic mass is 10.1. The summed E-state index contributed by atoms with van der Waals surface area (Å²) in [4.78, 5) is 15.0. The quantitative estimate of drug-likeness (QED) is 0.556. The van der Waals surface area contributed by atoms with E-state index >= 15 is 0 Å². The van der Waals surface area contributed by atoms with Crippen molar-refractivity contribution >= 4 is 16.0 Å². The van der Waals surface area contributed by atoms with E-state index in [9.17, 15) is 13.2 Å². The molecule has 2 aromatic carbocycles. The third-order valence-corrected chi connectivity index (χ3v) is 7.51. The molecule has 7 heteroatoms. The van der Waals surface area contributed by atoms with Crippen LogP contribution in [0.15, 0.2) is 59.5 Å². The van der Waals surface area contributed by atoms with Crippen LogP contribution >= 0.6 is 0 Å². The monoisotopic (exact) mass is 458 g/mol. The van der Waals surface area contributed by atoms with Crippen molar-refractivity contribution < 1.29 is 17.9 Å². The highest BCUT2D eigenvalue weighted by atomic mass is 32.2. The fourth-order valence-electron chi connectivity index (χ4n) is 3.97. The van der Waals surface area contributed by atoms with Crippen molar-refractivity contribution in [3.8, 4) is 11.1 Å². The first-order valence-corrected chi connectivity index (χ1v) is 12.6. The second-order valence-electron chi connectivity index (χ2n) is 9.34. The minimum atomic E-state index is -3.85. The van der Waals surface area contributed by atoms with E-state index in [-0.39, 0.29) is 18.0 Å². The molecule has 32 heavy (non-hydrogen) atoms. The van der Waals surface area contributed by atoms with Crippen molar-refractivity contribution in [3.63, 3.8) is 0 Å². The highest BCUT2D eigenvalue weighted by Crippen LogP contribution is 2.24. The summed E-state index contributed by atoms with van der Waals surface area (Å²) in [7, 11) is -3.85. The Kier molecular flexibility index (Phi) is 7.75. The third kappa shape index (κ3) is 6.40. The summed E-state index contributed by atoms with van der Waals surface area (Å²) in [6, 6.07) is 17.0. The van der Waals surface area contributed by atoms with Crippen molar-refractivity contribution in [1.82, 2.24) is 9.21 Å². The predicted octanol–water partition coefficient (Wildman–Crippen LogP) is 4.17. The number of benzene rings is 2. The van der Waals surface area contributed by atoms with Gasteiger partial charge in [0.1, 0.15) is 12.1 Å². The number of likely N-dealkylation sites (tertiary alicyclic amines) is 1. The molecule has 1 aliphatic heterocycles. The Morgan fingerprint density at radius 3 is 2.25 bits per heavy atom. The van der Waals surface area contributed by atoms with Crippen LogP contribution in [0.5, 0.6) is 0 Å². The van der Waals surface area contributed by atoms with Crippen molar-refractivity contribution in [3.05, 3.63) is 54.6 Å². The smallest absolute Gasteiger partial charge is 0.321 e. The van der Waals surface area contributed by atoms with Gasteiger partial charge >= 0.3 is 5.97 Å². The zero-order chi connectivity index (χ0) is 23.4. The lowest BCUT2D eigenvalue weighted by Crippen LogP contribution is -2.43. The molecule has 1 heterocycles. The maximum absolute atomic E-state index is 13.5. The summed E-state index contributed by atoms with van der Waals surface area (Å²) in [6.07, 6.45) is 2.22. The molecule has 0 amide bonds. The molecule has 1 saturated heterocycles. The molecule has 0 radical (unpaired) electrons. The summed E-state index contributed by atoms with van der Waals surface area (Å²) in [5, 5.41) is 0. The van der Waals surface area contributed by atoms with Crippen molar-refractivity contribution in [2.24, 2.45) is 0 Å². The topological polar surface area (TPSA) is 66.9 Å². The van der Waals surface area contributed by atoms with Crippen LogP contribution < -0.4 is 0 Å². The number of ether oxygens (including phenoxy) is 1. The summed E-state index contributed by atoms with van der Waals surface area (Å²) < 4.78 is 33.6. The van der Waals surface area contributed by atoms with Gasteiger partial charge in [-0.3, -0.25) is 9.69 Å². The zero-order valence-electron chi connectivity index (χ0n) is 19.5. The highest BCUT2D eigenvalue weighted by molar-refractivity contribution is 7.89. The third-order valence-electron chi connectivity index (χ3n) is 5.65. The Balaban J connectivity index is 1.81. The molecule has 174 valence electrons. The molecule has 0 aromatic heterocycles. The van der Waals surface area contributed by atoms with E-state index in [1.807, 2.05) is 30.3 Å². The SMILES string of the molecule is CC1CCCN1CCN(CC(=O)OC(C)(C)C)S(=O)(=O)c1ccc(-c2ccccc2)cc1. The van der Waals surface area contributed by atoms with E-state index in [1.165, 1.54) is 4.31 Å². The van der Waals surface area contributed by atoms with Gasteiger partial charge in [-0.1, -0.05) is 42.5 Å². The first kappa shape index (κ1) is 24.4. The number of carbonyl (C=O) groups excluding carboxylic acids is 1. The van der Waals surface area contributed by atoms with Crippen LogP contribution in [-0.4, -0.2) is 61.4 Å². The maximum atomic E-state index is 13.5. The van der Waals surface area contributed by atoms with Crippen LogP contribution in [0.4, 0.5) is 0 Å². The molecule has 1 atom stereocenters. The van der Waals surface area contributed by atoms with Crippen molar-refractivity contribution in [2.45, 2.75) is 57.1 Å². The number of hydrogen-bond acceptors (Lipinski definition) is 5. The molecule has 0 saturated carbocycles. The first-order valence-electron chi connectivity index (χ1n) is 11.2. The van der Waals surface area contributed by atoms with E-state index in [0.29, 0.717) is 12.6 Å². The number of sulfonamides is 1. The number of carbonyl (C=O) groups is 1. The minimum absolute atomic E-state index is 0.176. The molecular formula is C25H34N2O4S. The van der Waals surface area contributed by atoms with Crippen LogP contribution in [0, 0.1) is 0 Å². The molecule has 3 rings (SSSR count). The Morgan fingerprint density at radius 1 is 1.06 bits per heavy atom. The van der Waals surface area contributed by atoms with Crippen LogP contribution in [0.1, 0.15) is 40.5 Å². The molecule has 0 spiro atoms. The molecule has 1 aliphatic rings. The summed E-state index contributed by atoms with van der Waals surface area (Å²) in [5.41, 5.74) is 1.28. The number of nitrogens with zero attached hydrogens (tertiary/aromatic N) is 2. The molecule has 1 fully saturated rings. The lowest BCUT2D eigenvalue weighted by Gasteiger charge is -2.28. The number of esters is 1. The standard InChI is InChI=1S/C25H34N2O4S/c1-20-9-8-16-26(20)17-18-27(19-24(28)31-25(2,3)4)32(29,30)23-14-12-22(13-15-23)21-10-6-5-7-11-21/h5-7,10-15,20H,8-9,16-19H2,1-4H3. The van der Waals surface area contributed by atoms with Gasteiger partial charge in [-0.2, -0.15) is 4.31 Å². The molecule has 1 unspecified atom stereocenters. The van der Waals surface area contributed by atoms with E-state index < -0.39 is 21.6 Å². The Bertz CT molecular complexity index is 998. The fraction of sp³-hybridized carbons (Fsp3) is 0.480. The lowest BCUT2D eigenvalue weighted by molar-refractivity contribution is -0.155. The highest BCUT2D eigenvalue weighted by Gasteiger charge is 2.30. The van der Waals surface area contributed by atoms with Gasteiger partial charge in [-0.25, -0.2) is 8.42 Å². The van der Waals surface area contributed by atoms with Gasteiger partial charge in [0.15, 0.2) is 0 Å². The molecule has 0 bridgehead atoms. The van der Waals surface area contributed by atoms with E-state index in [2.05, 4.69) is 11.8 Å². The Labute approximate surface area is 192 Å².